The smallest absolute Gasteiger partial charge is 0.258 e. The monoisotopic (exact) mass is 369 g/mol. The first-order valence-corrected chi connectivity index (χ1v) is 7.82. The molecule has 5 nitrogen and oxygen atoms in total. The van der Waals surface area contributed by atoms with Crippen LogP contribution in [0.4, 0.5) is 11.4 Å². The van der Waals surface area contributed by atoms with E-state index in [1.807, 2.05) is 42.5 Å². The first kappa shape index (κ1) is 14.0. The number of nitrogens with zero attached hydrogens (tertiary/aromatic N) is 1. The number of hydrogen-bond acceptors (Lipinski definition) is 4. The molecule has 2 N–H and O–H groups in total. The van der Waals surface area contributed by atoms with Crippen LogP contribution in [0.2, 0.25) is 0 Å². The van der Waals surface area contributed by atoms with Crippen LogP contribution in [0.3, 0.4) is 0 Å². The van der Waals surface area contributed by atoms with Gasteiger partial charge in [-0.3, -0.25) is 4.79 Å². The van der Waals surface area contributed by atoms with Crippen LogP contribution in [0.5, 0.6) is 0 Å². The second kappa shape index (κ2) is 5.24. The zero-order valence-electron chi connectivity index (χ0n) is 12.2. The van der Waals surface area contributed by atoms with Crippen LogP contribution in [0, 0.1) is 0 Å². The van der Waals surface area contributed by atoms with E-state index in [0.717, 1.165) is 27.0 Å². The number of halogens is 1. The minimum absolute atomic E-state index is 0.161. The van der Waals surface area contributed by atoms with E-state index in [4.69, 9.17) is 4.84 Å². The molecule has 0 saturated carbocycles. The van der Waals surface area contributed by atoms with E-state index in [1.165, 1.54) is 7.11 Å². The predicted molar refractivity (Wildman–Crippen MR) is 93.3 cm³/mol. The van der Waals surface area contributed by atoms with Crippen molar-refractivity contribution in [1.29, 1.82) is 0 Å². The summed E-state index contributed by atoms with van der Waals surface area (Å²) in [6, 6.07) is 13.5. The van der Waals surface area contributed by atoms with Gasteiger partial charge in [-0.2, -0.15) is 0 Å². The molecule has 23 heavy (non-hydrogen) atoms. The summed E-state index contributed by atoms with van der Waals surface area (Å²) >= 11 is 3.47. The molecule has 0 bridgehead atoms. The summed E-state index contributed by atoms with van der Waals surface area (Å²) in [5.74, 6) is -0.161. The summed E-state index contributed by atoms with van der Waals surface area (Å²) in [6.07, 6.45) is 0. The number of allylic oxidation sites excluding steroid dienone is 1. The molecular formula is C17H12BrN3O2. The second-order valence-electron chi connectivity index (χ2n) is 5.16. The van der Waals surface area contributed by atoms with Crippen molar-refractivity contribution in [3.8, 4) is 0 Å². The summed E-state index contributed by atoms with van der Waals surface area (Å²) in [5.41, 5.74) is 5.27. The third kappa shape index (κ3) is 2.06. The van der Waals surface area contributed by atoms with Crippen molar-refractivity contribution in [3.63, 3.8) is 0 Å². The predicted octanol–water partition coefficient (Wildman–Crippen LogP) is 3.59. The normalized spacial score (nSPS) is 20.1. The highest BCUT2D eigenvalue weighted by molar-refractivity contribution is 9.10. The minimum atomic E-state index is -0.161. The Morgan fingerprint density at radius 3 is 2.65 bits per heavy atom. The first-order chi connectivity index (χ1) is 11.2. The molecule has 1 amide bonds. The zero-order chi connectivity index (χ0) is 16.0. The summed E-state index contributed by atoms with van der Waals surface area (Å²) in [7, 11) is 1.50. The standard InChI is InChI=1S/C17H12BrN3O2/c1-23-21-15-9-5-2-3-8-12(9)19-16(15)13-10-6-4-7-11(18)14(10)20-17(13)22/h2-8,19H,1H3,(H,20,22)/b16-13-,21-15+. The van der Waals surface area contributed by atoms with Crippen LogP contribution in [0.15, 0.2) is 57.8 Å². The number of anilines is 2. The number of amides is 1. The fourth-order valence-electron chi connectivity index (χ4n) is 2.90. The van der Waals surface area contributed by atoms with Gasteiger partial charge >= 0.3 is 0 Å². The van der Waals surface area contributed by atoms with Gasteiger partial charge in [-0.1, -0.05) is 35.5 Å². The van der Waals surface area contributed by atoms with Crippen LogP contribution in [-0.4, -0.2) is 18.7 Å². The largest absolute Gasteiger partial charge is 0.399 e. The number of benzene rings is 2. The number of oxime groups is 1. The highest BCUT2D eigenvalue weighted by Crippen LogP contribution is 2.41. The molecule has 0 saturated heterocycles. The number of carbonyl (C=O) groups is 1. The van der Waals surface area contributed by atoms with Gasteiger partial charge in [0, 0.05) is 21.3 Å². The number of para-hydroxylation sites is 2. The molecule has 114 valence electrons. The lowest BCUT2D eigenvalue weighted by Crippen LogP contribution is -2.12. The third-order valence-corrected chi connectivity index (χ3v) is 4.52. The van der Waals surface area contributed by atoms with Gasteiger partial charge in [0.2, 0.25) is 0 Å². The Kier molecular flexibility index (Phi) is 3.20. The van der Waals surface area contributed by atoms with Gasteiger partial charge in [-0.15, -0.1) is 0 Å². The highest BCUT2D eigenvalue weighted by atomic mass is 79.9. The molecule has 2 aromatic carbocycles. The molecule has 2 heterocycles. The first-order valence-electron chi connectivity index (χ1n) is 7.03. The van der Waals surface area contributed by atoms with E-state index >= 15 is 0 Å². The molecule has 0 aromatic heterocycles. The minimum Gasteiger partial charge on any atom is -0.399 e. The molecule has 0 fully saturated rings. The fraction of sp³-hybridized carbons (Fsp3) is 0.0588. The lowest BCUT2D eigenvalue weighted by atomic mass is 10.0. The number of rotatable bonds is 1. The maximum atomic E-state index is 12.5. The third-order valence-electron chi connectivity index (χ3n) is 3.86. The number of carbonyl (C=O) groups excluding carboxylic acids is 1. The SMILES string of the molecule is CO/N=C1/C(=C2/C(=O)Nc3c(Br)cccc32)Nc2ccccc21. The second-order valence-corrected chi connectivity index (χ2v) is 6.01. The van der Waals surface area contributed by atoms with E-state index in [-0.39, 0.29) is 5.91 Å². The van der Waals surface area contributed by atoms with Crippen molar-refractivity contribution >= 4 is 44.5 Å². The molecule has 6 heteroatoms. The van der Waals surface area contributed by atoms with Gasteiger partial charge in [0.25, 0.3) is 5.91 Å². The van der Waals surface area contributed by atoms with Gasteiger partial charge in [-0.05, 0) is 28.1 Å². The van der Waals surface area contributed by atoms with Crippen molar-refractivity contribution in [2.75, 3.05) is 17.7 Å². The Labute approximate surface area is 141 Å². The van der Waals surface area contributed by atoms with Crippen LogP contribution < -0.4 is 10.6 Å². The number of fused-ring (bicyclic) bond motifs is 2. The van der Waals surface area contributed by atoms with Crippen molar-refractivity contribution in [3.05, 3.63) is 63.8 Å². The number of nitrogens with one attached hydrogen (secondary N) is 2. The maximum absolute atomic E-state index is 12.5. The Hall–Kier alpha value is -2.60. The van der Waals surface area contributed by atoms with E-state index in [0.29, 0.717) is 17.0 Å². The van der Waals surface area contributed by atoms with Gasteiger partial charge in [0.05, 0.1) is 17.0 Å². The quantitative estimate of drug-likeness (QED) is 0.596. The van der Waals surface area contributed by atoms with E-state index in [1.54, 1.807) is 0 Å². The average Bonchev–Trinajstić information content (AvgIpc) is 3.06. The van der Waals surface area contributed by atoms with Gasteiger partial charge in [0.1, 0.15) is 12.8 Å². The van der Waals surface area contributed by atoms with E-state index in [9.17, 15) is 4.79 Å². The van der Waals surface area contributed by atoms with Crippen molar-refractivity contribution in [1.82, 2.24) is 0 Å². The van der Waals surface area contributed by atoms with Gasteiger partial charge < -0.3 is 15.5 Å². The van der Waals surface area contributed by atoms with Crippen LogP contribution in [0.25, 0.3) is 5.57 Å². The summed E-state index contributed by atoms with van der Waals surface area (Å²) in [4.78, 5) is 17.5. The molecule has 4 rings (SSSR count). The molecule has 0 atom stereocenters. The van der Waals surface area contributed by atoms with Crippen LogP contribution >= 0.6 is 15.9 Å². The van der Waals surface area contributed by atoms with E-state index in [2.05, 4.69) is 31.7 Å². The average molecular weight is 370 g/mol. The summed E-state index contributed by atoms with van der Waals surface area (Å²) in [6.45, 7) is 0. The fourth-order valence-corrected chi connectivity index (χ4v) is 3.37. The van der Waals surface area contributed by atoms with Crippen LogP contribution in [-0.2, 0) is 9.63 Å². The van der Waals surface area contributed by atoms with E-state index < -0.39 is 0 Å². The molecule has 0 aliphatic carbocycles. The molecule has 2 aliphatic rings. The summed E-state index contributed by atoms with van der Waals surface area (Å²) < 4.78 is 0.847. The Morgan fingerprint density at radius 2 is 1.83 bits per heavy atom. The maximum Gasteiger partial charge on any atom is 0.258 e. The van der Waals surface area contributed by atoms with Gasteiger partial charge in [0.15, 0.2) is 0 Å². The van der Waals surface area contributed by atoms with Crippen molar-refractivity contribution in [2.45, 2.75) is 0 Å². The van der Waals surface area contributed by atoms with Gasteiger partial charge in [-0.25, -0.2) is 0 Å². The molecule has 2 aliphatic heterocycles. The highest BCUT2D eigenvalue weighted by Gasteiger charge is 2.34. The Bertz CT molecular complexity index is 902. The Balaban J connectivity index is 1.98. The Morgan fingerprint density at radius 1 is 1.04 bits per heavy atom. The molecule has 0 unspecified atom stereocenters. The zero-order valence-corrected chi connectivity index (χ0v) is 13.8. The number of hydrogen-bond donors (Lipinski definition) is 2. The lowest BCUT2D eigenvalue weighted by molar-refractivity contribution is -0.110. The molecule has 0 spiro atoms. The lowest BCUT2D eigenvalue weighted by Gasteiger charge is -2.06. The molecular weight excluding hydrogens is 358 g/mol. The molecule has 2 aromatic rings. The topological polar surface area (TPSA) is 62.7 Å². The van der Waals surface area contributed by atoms with Crippen molar-refractivity contribution < 1.29 is 9.63 Å². The summed E-state index contributed by atoms with van der Waals surface area (Å²) in [5, 5.41) is 10.3. The molecule has 0 radical (unpaired) electrons. The van der Waals surface area contributed by atoms with Crippen molar-refractivity contribution in [2.24, 2.45) is 5.16 Å². The van der Waals surface area contributed by atoms with Crippen LogP contribution in [0.1, 0.15) is 11.1 Å².